The van der Waals surface area contributed by atoms with E-state index in [4.69, 9.17) is 9.47 Å². The van der Waals surface area contributed by atoms with Gasteiger partial charge in [0.2, 0.25) is 12.7 Å². The van der Waals surface area contributed by atoms with Gasteiger partial charge in [-0.3, -0.25) is 4.79 Å². The number of ether oxygens (including phenoxy) is 2. The topological polar surface area (TPSA) is 59.6 Å². The zero-order chi connectivity index (χ0) is 14.4. The van der Waals surface area contributed by atoms with Crippen molar-refractivity contribution in [3.8, 4) is 11.5 Å². The van der Waals surface area contributed by atoms with Crippen LogP contribution in [-0.2, 0) is 4.79 Å². The number of carbonyl (C=O) groups excluding carboxylic acids is 1. The van der Waals surface area contributed by atoms with E-state index < -0.39 is 0 Å². The van der Waals surface area contributed by atoms with E-state index in [1.807, 2.05) is 25.1 Å². The van der Waals surface area contributed by atoms with Gasteiger partial charge in [-0.15, -0.1) is 0 Å². The lowest BCUT2D eigenvalue weighted by Crippen LogP contribution is -2.29. The summed E-state index contributed by atoms with van der Waals surface area (Å²) in [6, 6.07) is 6.09. The molecule has 0 saturated heterocycles. The van der Waals surface area contributed by atoms with E-state index in [2.05, 4.69) is 17.6 Å². The molecule has 0 aliphatic carbocycles. The number of benzene rings is 1. The van der Waals surface area contributed by atoms with Crippen molar-refractivity contribution in [3.05, 3.63) is 23.8 Å². The fraction of sp³-hybridized carbons (Fsp3) is 0.533. The number of hydrogen-bond donors (Lipinski definition) is 2. The van der Waals surface area contributed by atoms with E-state index >= 15 is 0 Å². The minimum Gasteiger partial charge on any atom is -0.454 e. The Morgan fingerprint density at radius 1 is 1.30 bits per heavy atom. The lowest BCUT2D eigenvalue weighted by Gasteiger charge is -2.14. The fourth-order valence-corrected chi connectivity index (χ4v) is 2.06. The third-order valence-electron chi connectivity index (χ3n) is 3.27. The molecule has 0 aromatic heterocycles. The Bertz CT molecular complexity index is 462. The van der Waals surface area contributed by atoms with Crippen molar-refractivity contribution in [2.45, 2.75) is 32.7 Å². The van der Waals surface area contributed by atoms with Crippen LogP contribution < -0.4 is 20.1 Å². The van der Waals surface area contributed by atoms with E-state index in [0.29, 0.717) is 13.0 Å². The number of hydrogen-bond acceptors (Lipinski definition) is 4. The zero-order valence-corrected chi connectivity index (χ0v) is 12.1. The highest BCUT2D eigenvalue weighted by Gasteiger charge is 2.15. The second-order valence-electron chi connectivity index (χ2n) is 4.89. The van der Waals surface area contributed by atoms with Crippen molar-refractivity contribution in [1.29, 1.82) is 0 Å². The molecule has 1 amide bonds. The molecule has 0 bridgehead atoms. The summed E-state index contributed by atoms with van der Waals surface area (Å²) in [5.41, 5.74) is 1.13. The molecule has 1 aliphatic heterocycles. The van der Waals surface area contributed by atoms with Gasteiger partial charge in [-0.2, -0.15) is 0 Å². The lowest BCUT2D eigenvalue weighted by molar-refractivity contribution is -0.121. The molecule has 1 aromatic rings. The quantitative estimate of drug-likeness (QED) is 0.800. The van der Waals surface area contributed by atoms with Crippen LogP contribution in [0.25, 0.3) is 0 Å². The number of nitrogens with one attached hydrogen (secondary N) is 2. The highest BCUT2D eigenvalue weighted by molar-refractivity contribution is 5.75. The molecule has 110 valence electrons. The van der Waals surface area contributed by atoms with Crippen LogP contribution >= 0.6 is 0 Å². The molecule has 5 nitrogen and oxygen atoms in total. The minimum atomic E-state index is 0.0947. The summed E-state index contributed by atoms with van der Waals surface area (Å²) in [5, 5.41) is 6.20. The number of fused-ring (bicyclic) bond motifs is 1. The van der Waals surface area contributed by atoms with Crippen molar-refractivity contribution in [2.75, 3.05) is 19.9 Å². The molecule has 5 heteroatoms. The number of carbonyl (C=O) groups is 1. The highest BCUT2D eigenvalue weighted by atomic mass is 16.7. The third-order valence-corrected chi connectivity index (χ3v) is 3.27. The maximum atomic E-state index is 11.5. The van der Waals surface area contributed by atoms with Gasteiger partial charge in [0.05, 0.1) is 0 Å². The average molecular weight is 278 g/mol. The van der Waals surface area contributed by atoms with Crippen LogP contribution in [-0.4, -0.2) is 25.8 Å². The predicted octanol–water partition coefficient (Wildman–Crippen LogP) is 1.98. The Morgan fingerprint density at radius 3 is 2.90 bits per heavy atom. The molecule has 1 aromatic carbocycles. The summed E-state index contributed by atoms with van der Waals surface area (Å²) in [7, 11) is 0. The summed E-state index contributed by atoms with van der Waals surface area (Å²) in [4.78, 5) is 11.5. The summed E-state index contributed by atoms with van der Waals surface area (Å²) >= 11 is 0. The second-order valence-corrected chi connectivity index (χ2v) is 4.89. The van der Waals surface area contributed by atoms with E-state index in [9.17, 15) is 4.79 Å². The first kappa shape index (κ1) is 14.7. The number of amides is 1. The van der Waals surface area contributed by atoms with Gasteiger partial charge in [-0.1, -0.05) is 13.0 Å². The SMILES string of the molecule is CCCNC(=O)CCNC(C)c1ccc2c(c1)OCO2. The molecule has 0 saturated carbocycles. The molecular weight excluding hydrogens is 256 g/mol. The van der Waals surface area contributed by atoms with Crippen molar-refractivity contribution in [3.63, 3.8) is 0 Å². The van der Waals surface area contributed by atoms with Crippen molar-refractivity contribution in [1.82, 2.24) is 10.6 Å². The van der Waals surface area contributed by atoms with Crippen LogP contribution in [0.1, 0.15) is 38.3 Å². The van der Waals surface area contributed by atoms with E-state index in [1.165, 1.54) is 0 Å². The van der Waals surface area contributed by atoms with Gasteiger partial charge < -0.3 is 20.1 Å². The maximum absolute atomic E-state index is 11.5. The largest absolute Gasteiger partial charge is 0.454 e. The lowest BCUT2D eigenvalue weighted by atomic mass is 10.1. The van der Waals surface area contributed by atoms with Gasteiger partial charge >= 0.3 is 0 Å². The Hall–Kier alpha value is -1.75. The Balaban J connectivity index is 1.77. The minimum absolute atomic E-state index is 0.0947. The molecule has 1 heterocycles. The molecule has 1 aliphatic rings. The summed E-state index contributed by atoms with van der Waals surface area (Å²) < 4.78 is 10.6. The van der Waals surface area contributed by atoms with Gasteiger partial charge in [-0.05, 0) is 31.0 Å². The summed E-state index contributed by atoms with van der Waals surface area (Å²) in [6.07, 6.45) is 1.46. The van der Waals surface area contributed by atoms with E-state index in [1.54, 1.807) is 0 Å². The van der Waals surface area contributed by atoms with Crippen molar-refractivity contribution >= 4 is 5.91 Å². The van der Waals surface area contributed by atoms with Crippen LogP contribution in [0.5, 0.6) is 11.5 Å². The Labute approximate surface area is 119 Å². The first-order valence-corrected chi connectivity index (χ1v) is 7.10. The van der Waals surface area contributed by atoms with Gasteiger partial charge in [0.25, 0.3) is 0 Å². The maximum Gasteiger partial charge on any atom is 0.231 e. The average Bonchev–Trinajstić information content (AvgIpc) is 2.92. The van der Waals surface area contributed by atoms with Crippen LogP contribution in [0, 0.1) is 0 Å². The Kier molecular flexibility index (Phi) is 5.24. The molecule has 2 N–H and O–H groups in total. The zero-order valence-electron chi connectivity index (χ0n) is 12.1. The standard InChI is InChI=1S/C15H22N2O3/c1-3-7-17-15(18)6-8-16-11(2)12-4-5-13-14(9-12)20-10-19-13/h4-5,9,11,16H,3,6-8,10H2,1-2H3,(H,17,18). The van der Waals surface area contributed by atoms with Gasteiger partial charge in [0.15, 0.2) is 11.5 Å². The molecule has 1 atom stereocenters. The molecule has 1 unspecified atom stereocenters. The van der Waals surface area contributed by atoms with E-state index in [-0.39, 0.29) is 18.7 Å². The van der Waals surface area contributed by atoms with Gasteiger partial charge in [0, 0.05) is 25.6 Å². The second kappa shape index (κ2) is 7.14. The third kappa shape index (κ3) is 3.87. The molecule has 20 heavy (non-hydrogen) atoms. The van der Waals surface area contributed by atoms with Crippen molar-refractivity contribution in [2.24, 2.45) is 0 Å². The van der Waals surface area contributed by atoms with Gasteiger partial charge in [-0.25, -0.2) is 0 Å². The predicted molar refractivity (Wildman–Crippen MR) is 76.9 cm³/mol. The monoisotopic (exact) mass is 278 g/mol. The molecule has 2 rings (SSSR count). The fourth-order valence-electron chi connectivity index (χ4n) is 2.06. The molecular formula is C15H22N2O3. The van der Waals surface area contributed by atoms with Gasteiger partial charge in [0.1, 0.15) is 0 Å². The van der Waals surface area contributed by atoms with Crippen molar-refractivity contribution < 1.29 is 14.3 Å². The normalized spacial score (nSPS) is 14.1. The number of rotatable bonds is 7. The highest BCUT2D eigenvalue weighted by Crippen LogP contribution is 2.34. The van der Waals surface area contributed by atoms with Crippen LogP contribution in [0.3, 0.4) is 0 Å². The Morgan fingerprint density at radius 2 is 2.10 bits per heavy atom. The van der Waals surface area contributed by atoms with Crippen LogP contribution in [0.15, 0.2) is 18.2 Å². The summed E-state index contributed by atoms with van der Waals surface area (Å²) in [6.45, 7) is 5.81. The molecule has 0 radical (unpaired) electrons. The van der Waals surface area contributed by atoms with E-state index in [0.717, 1.165) is 30.0 Å². The molecule has 0 spiro atoms. The van der Waals surface area contributed by atoms with Crippen LogP contribution in [0.4, 0.5) is 0 Å². The smallest absolute Gasteiger partial charge is 0.231 e. The molecule has 0 fully saturated rings. The summed E-state index contributed by atoms with van der Waals surface area (Å²) in [5.74, 6) is 1.67. The van der Waals surface area contributed by atoms with Crippen LogP contribution in [0.2, 0.25) is 0 Å². The first-order chi connectivity index (χ1) is 9.70. The first-order valence-electron chi connectivity index (χ1n) is 7.10.